The first-order valence-electron chi connectivity index (χ1n) is 4.03. The first kappa shape index (κ1) is 11.6. The van der Waals surface area contributed by atoms with E-state index in [9.17, 15) is 9.70 Å². The Morgan fingerprint density at radius 2 is 2.15 bits per heavy atom. The summed E-state index contributed by atoms with van der Waals surface area (Å²) in [7, 11) is 0. The Labute approximate surface area is 76.4 Å². The maximum absolute atomic E-state index is 11.0. The van der Waals surface area contributed by atoms with E-state index in [1.54, 1.807) is 0 Å². The molecule has 0 rings (SSSR count). The first-order valence-corrected chi connectivity index (χ1v) is 4.03. The van der Waals surface area contributed by atoms with Crippen LogP contribution in [0, 0.1) is 4.91 Å². The zero-order valence-electron chi connectivity index (χ0n) is 7.74. The van der Waals surface area contributed by atoms with Crippen molar-refractivity contribution in [2.45, 2.75) is 26.7 Å². The number of nitroso groups, excluding NO2 is 1. The molecule has 0 radical (unpaired) electrons. The van der Waals surface area contributed by atoms with Crippen molar-refractivity contribution < 1.29 is 14.6 Å². The maximum Gasteiger partial charge on any atom is 0.364 e. The lowest BCUT2D eigenvalue weighted by Gasteiger charge is -2.01. The topological polar surface area (TPSA) is 76.0 Å². The van der Waals surface area contributed by atoms with Gasteiger partial charge in [0, 0.05) is 0 Å². The monoisotopic (exact) mass is 187 g/mol. The van der Waals surface area contributed by atoms with Gasteiger partial charge >= 0.3 is 5.97 Å². The summed E-state index contributed by atoms with van der Waals surface area (Å²) in [4.78, 5) is 21.0. The quantitative estimate of drug-likeness (QED) is 0.234. The highest BCUT2D eigenvalue weighted by atomic mass is 16.5. The van der Waals surface area contributed by atoms with Crippen molar-refractivity contribution in [3.05, 3.63) is 16.4 Å². The minimum Gasteiger partial charge on any atom is -0.510 e. The van der Waals surface area contributed by atoms with Gasteiger partial charge in [0.2, 0.25) is 5.70 Å². The summed E-state index contributed by atoms with van der Waals surface area (Å²) in [5, 5.41) is 11.2. The molecule has 0 spiro atoms. The predicted octanol–water partition coefficient (Wildman–Crippen LogP) is 1.89. The van der Waals surface area contributed by atoms with Crippen LogP contribution in [0.2, 0.25) is 0 Å². The van der Waals surface area contributed by atoms with Gasteiger partial charge in [-0.2, -0.15) is 0 Å². The minimum absolute atomic E-state index is 0.238. The van der Waals surface area contributed by atoms with Crippen molar-refractivity contribution in [1.29, 1.82) is 0 Å². The molecule has 0 bridgehead atoms. The lowest BCUT2D eigenvalue weighted by Crippen LogP contribution is -2.09. The molecule has 74 valence electrons. The Morgan fingerprint density at radius 3 is 2.54 bits per heavy atom. The lowest BCUT2D eigenvalue weighted by molar-refractivity contribution is -0.139. The van der Waals surface area contributed by atoms with E-state index < -0.39 is 17.4 Å². The molecule has 0 fully saturated rings. The molecule has 0 aromatic rings. The number of carbonyl (C=O) groups excluding carboxylic acids is 1. The van der Waals surface area contributed by atoms with Crippen LogP contribution >= 0.6 is 0 Å². The average molecular weight is 187 g/mol. The van der Waals surface area contributed by atoms with Crippen molar-refractivity contribution in [1.82, 2.24) is 0 Å². The van der Waals surface area contributed by atoms with Crippen LogP contribution in [0.25, 0.3) is 0 Å². The Kier molecular flexibility index (Phi) is 5.50. The fourth-order valence-electron chi connectivity index (χ4n) is 0.629. The fraction of sp³-hybridized carbons (Fsp3) is 0.625. The van der Waals surface area contributed by atoms with E-state index in [1.165, 1.54) is 6.92 Å². The van der Waals surface area contributed by atoms with Gasteiger partial charge in [0.05, 0.1) is 6.61 Å². The molecule has 0 amide bonds. The van der Waals surface area contributed by atoms with Crippen molar-refractivity contribution >= 4 is 5.97 Å². The molecule has 0 heterocycles. The van der Waals surface area contributed by atoms with Gasteiger partial charge in [0.15, 0.2) is 0 Å². The van der Waals surface area contributed by atoms with E-state index in [0.717, 1.165) is 12.8 Å². The number of allylic oxidation sites excluding steroid dienone is 1. The molecule has 5 nitrogen and oxygen atoms in total. The van der Waals surface area contributed by atoms with Gasteiger partial charge in [-0.05, 0) is 18.5 Å². The Balaban J connectivity index is 4.09. The number of aliphatic hydroxyl groups is 1. The van der Waals surface area contributed by atoms with E-state index in [0.29, 0.717) is 0 Å². The van der Waals surface area contributed by atoms with E-state index in [2.05, 4.69) is 9.91 Å². The van der Waals surface area contributed by atoms with Crippen LogP contribution in [0.4, 0.5) is 0 Å². The Bertz CT molecular complexity index is 218. The van der Waals surface area contributed by atoms with E-state index in [1.807, 2.05) is 6.92 Å². The van der Waals surface area contributed by atoms with Crippen LogP contribution < -0.4 is 0 Å². The molecule has 0 saturated heterocycles. The molecule has 1 N–H and O–H groups in total. The second-order valence-corrected chi connectivity index (χ2v) is 2.51. The van der Waals surface area contributed by atoms with Gasteiger partial charge in [-0.25, -0.2) is 4.79 Å². The number of hydrogen-bond donors (Lipinski definition) is 1. The summed E-state index contributed by atoms with van der Waals surface area (Å²) in [5.74, 6) is -1.29. The fourth-order valence-corrected chi connectivity index (χ4v) is 0.629. The van der Waals surface area contributed by atoms with Gasteiger partial charge < -0.3 is 9.84 Å². The van der Waals surface area contributed by atoms with Crippen molar-refractivity contribution in [3.8, 4) is 0 Å². The number of unbranched alkanes of at least 4 members (excludes halogenated alkanes) is 1. The van der Waals surface area contributed by atoms with Crippen molar-refractivity contribution in [2.75, 3.05) is 6.61 Å². The molecule has 0 saturated carbocycles. The Hall–Kier alpha value is -1.39. The lowest BCUT2D eigenvalue weighted by atomic mass is 10.3. The first-order chi connectivity index (χ1) is 6.13. The van der Waals surface area contributed by atoms with Gasteiger partial charge in [-0.3, -0.25) is 0 Å². The average Bonchev–Trinajstić information content (AvgIpc) is 2.05. The molecule has 13 heavy (non-hydrogen) atoms. The second-order valence-electron chi connectivity index (χ2n) is 2.51. The van der Waals surface area contributed by atoms with E-state index in [-0.39, 0.29) is 6.61 Å². The number of aliphatic hydroxyl groups excluding tert-OH is 1. The predicted molar refractivity (Wildman–Crippen MR) is 47.0 cm³/mol. The molecule has 0 aliphatic rings. The summed E-state index contributed by atoms with van der Waals surface area (Å²) in [6, 6.07) is 0. The largest absolute Gasteiger partial charge is 0.510 e. The van der Waals surface area contributed by atoms with Crippen LogP contribution in [0.15, 0.2) is 16.6 Å². The van der Waals surface area contributed by atoms with E-state index in [4.69, 9.17) is 5.11 Å². The number of rotatable bonds is 5. The number of ether oxygens (including phenoxy) is 1. The molecule has 0 atom stereocenters. The summed E-state index contributed by atoms with van der Waals surface area (Å²) < 4.78 is 4.65. The Morgan fingerprint density at radius 1 is 1.54 bits per heavy atom. The second kappa shape index (κ2) is 6.16. The molecule has 0 aliphatic heterocycles. The molecule has 0 unspecified atom stereocenters. The molecule has 0 aliphatic carbocycles. The van der Waals surface area contributed by atoms with Gasteiger partial charge in [-0.1, -0.05) is 13.3 Å². The van der Waals surface area contributed by atoms with Crippen LogP contribution in [-0.2, 0) is 9.53 Å². The SMILES string of the molecule is CCCCOC(=O)C(N=O)=C(C)O. The number of nitrogens with zero attached hydrogens (tertiary/aromatic N) is 1. The highest BCUT2D eigenvalue weighted by molar-refractivity contribution is 5.88. The van der Waals surface area contributed by atoms with Crippen LogP contribution in [0.3, 0.4) is 0 Å². The minimum atomic E-state index is -0.872. The normalized spacial score (nSPS) is 11.8. The number of carbonyl (C=O) groups is 1. The molecule has 0 aromatic heterocycles. The standard InChI is InChI=1S/C8H13NO4/c1-3-4-5-13-8(11)7(9-12)6(2)10/h10H,3-5H2,1-2H3. The third-order valence-corrected chi connectivity index (χ3v) is 1.36. The molecule has 5 heteroatoms. The molecular weight excluding hydrogens is 174 g/mol. The third kappa shape index (κ3) is 4.25. The molecule has 0 aromatic carbocycles. The van der Waals surface area contributed by atoms with Gasteiger partial charge in [0.1, 0.15) is 5.76 Å². The smallest absolute Gasteiger partial charge is 0.364 e. The van der Waals surface area contributed by atoms with Crippen LogP contribution in [0.5, 0.6) is 0 Å². The summed E-state index contributed by atoms with van der Waals surface area (Å²) in [6.07, 6.45) is 1.61. The van der Waals surface area contributed by atoms with Crippen molar-refractivity contribution in [3.63, 3.8) is 0 Å². The maximum atomic E-state index is 11.0. The summed E-state index contributed by atoms with van der Waals surface area (Å²) >= 11 is 0. The zero-order valence-corrected chi connectivity index (χ0v) is 7.74. The molecular formula is C8H13NO4. The zero-order chi connectivity index (χ0) is 10.3. The number of esters is 1. The van der Waals surface area contributed by atoms with Crippen molar-refractivity contribution in [2.24, 2.45) is 5.18 Å². The van der Waals surface area contributed by atoms with Gasteiger partial charge in [0.25, 0.3) is 0 Å². The summed E-state index contributed by atoms with van der Waals surface area (Å²) in [5.41, 5.74) is -0.559. The van der Waals surface area contributed by atoms with Gasteiger partial charge in [-0.15, -0.1) is 4.91 Å². The third-order valence-electron chi connectivity index (χ3n) is 1.36. The number of hydrogen-bond acceptors (Lipinski definition) is 5. The highest BCUT2D eigenvalue weighted by Crippen LogP contribution is 2.05. The summed E-state index contributed by atoms with van der Waals surface area (Å²) in [6.45, 7) is 3.39. The van der Waals surface area contributed by atoms with E-state index >= 15 is 0 Å². The highest BCUT2D eigenvalue weighted by Gasteiger charge is 2.14. The van der Waals surface area contributed by atoms with Crippen LogP contribution in [-0.4, -0.2) is 17.7 Å². The van der Waals surface area contributed by atoms with Crippen LogP contribution in [0.1, 0.15) is 26.7 Å².